The fourth-order valence-electron chi connectivity index (χ4n) is 1.44. The first-order valence-electron chi connectivity index (χ1n) is 5.74. The standard InChI is InChI=1S/C14H10N4S2/c1-9-3-5-11(7-15)13(17-9)19-20-14-12(8-16)6-4-10(2)18-14/h3-6H,1-2H3. The Morgan fingerprint density at radius 2 is 1.20 bits per heavy atom. The number of hydrogen-bond donors (Lipinski definition) is 0. The molecule has 2 aromatic heterocycles. The highest BCUT2D eigenvalue weighted by atomic mass is 33.1. The molecule has 0 amide bonds. The van der Waals surface area contributed by atoms with Gasteiger partial charge in [-0.2, -0.15) is 10.5 Å². The van der Waals surface area contributed by atoms with Crippen molar-refractivity contribution >= 4 is 21.6 Å². The zero-order chi connectivity index (χ0) is 14.5. The molecule has 98 valence electrons. The molecule has 0 unspecified atom stereocenters. The van der Waals surface area contributed by atoms with E-state index in [0.29, 0.717) is 21.2 Å². The Labute approximate surface area is 125 Å². The van der Waals surface area contributed by atoms with Gasteiger partial charge in [-0.3, -0.25) is 0 Å². The molecule has 0 bridgehead atoms. The molecule has 6 heteroatoms. The predicted octanol–water partition coefficient (Wildman–Crippen LogP) is 3.64. The highest BCUT2D eigenvalue weighted by Gasteiger charge is 2.10. The summed E-state index contributed by atoms with van der Waals surface area (Å²) < 4.78 is 0. The van der Waals surface area contributed by atoms with Gasteiger partial charge in [0.15, 0.2) is 0 Å². The molecule has 0 spiro atoms. The number of pyridine rings is 2. The monoisotopic (exact) mass is 298 g/mol. The minimum absolute atomic E-state index is 0.527. The van der Waals surface area contributed by atoms with Gasteiger partial charge in [-0.25, -0.2) is 9.97 Å². The Hall–Kier alpha value is -2.02. The second kappa shape index (κ2) is 6.42. The lowest BCUT2D eigenvalue weighted by atomic mass is 10.3. The molecule has 4 nitrogen and oxygen atoms in total. The number of nitriles is 2. The van der Waals surface area contributed by atoms with E-state index in [1.54, 1.807) is 24.3 Å². The third-order valence-electron chi connectivity index (χ3n) is 2.44. The van der Waals surface area contributed by atoms with E-state index in [9.17, 15) is 0 Å². The van der Waals surface area contributed by atoms with Crippen LogP contribution in [0.2, 0.25) is 0 Å². The first-order valence-corrected chi connectivity index (χ1v) is 7.89. The topological polar surface area (TPSA) is 73.4 Å². The SMILES string of the molecule is Cc1ccc(C#N)c(SSc2nc(C)ccc2C#N)n1. The number of rotatable bonds is 3. The Kier molecular flexibility index (Phi) is 4.62. The lowest BCUT2D eigenvalue weighted by Gasteiger charge is -2.05. The lowest BCUT2D eigenvalue weighted by Crippen LogP contribution is -1.90. The number of aryl methyl sites for hydroxylation is 2. The Balaban J connectivity index is 2.26. The molecule has 0 aliphatic heterocycles. The van der Waals surface area contributed by atoms with Crippen molar-refractivity contribution in [2.24, 2.45) is 0 Å². The maximum absolute atomic E-state index is 9.07. The lowest BCUT2D eigenvalue weighted by molar-refractivity contribution is 1.05. The molecule has 20 heavy (non-hydrogen) atoms. The van der Waals surface area contributed by atoms with Crippen molar-refractivity contribution in [1.29, 1.82) is 10.5 Å². The largest absolute Gasteiger partial charge is 0.245 e. The summed E-state index contributed by atoms with van der Waals surface area (Å²) >= 11 is 0. The van der Waals surface area contributed by atoms with Gasteiger partial charge in [-0.1, -0.05) is 0 Å². The molecule has 0 N–H and O–H groups in total. The average molecular weight is 298 g/mol. The Bertz CT molecular complexity index is 665. The summed E-state index contributed by atoms with van der Waals surface area (Å²) in [4.78, 5) is 8.69. The van der Waals surface area contributed by atoms with Crippen molar-refractivity contribution < 1.29 is 0 Å². The zero-order valence-corrected chi connectivity index (χ0v) is 12.5. The van der Waals surface area contributed by atoms with Crippen LogP contribution in [-0.2, 0) is 0 Å². The molecular weight excluding hydrogens is 288 g/mol. The van der Waals surface area contributed by atoms with E-state index in [1.165, 1.54) is 21.6 Å². The third-order valence-corrected chi connectivity index (χ3v) is 4.66. The van der Waals surface area contributed by atoms with E-state index in [-0.39, 0.29) is 0 Å². The van der Waals surface area contributed by atoms with Crippen molar-refractivity contribution in [2.75, 3.05) is 0 Å². The third kappa shape index (κ3) is 3.30. The highest BCUT2D eigenvalue weighted by molar-refractivity contribution is 8.76. The second-order valence-corrected chi connectivity index (χ2v) is 6.11. The van der Waals surface area contributed by atoms with Crippen molar-refractivity contribution in [3.05, 3.63) is 46.8 Å². The van der Waals surface area contributed by atoms with Gasteiger partial charge >= 0.3 is 0 Å². The summed E-state index contributed by atoms with van der Waals surface area (Å²) in [6.07, 6.45) is 0. The summed E-state index contributed by atoms with van der Waals surface area (Å²) in [5.41, 5.74) is 2.76. The van der Waals surface area contributed by atoms with Crippen LogP contribution < -0.4 is 0 Å². The number of hydrogen-bond acceptors (Lipinski definition) is 6. The quantitative estimate of drug-likeness (QED) is 0.805. The maximum Gasteiger partial charge on any atom is 0.125 e. The number of nitrogens with zero attached hydrogens (tertiary/aromatic N) is 4. The first kappa shape index (κ1) is 14.4. The Morgan fingerprint density at radius 1 is 0.800 bits per heavy atom. The van der Waals surface area contributed by atoms with Crippen LogP contribution in [0.1, 0.15) is 22.5 Å². The van der Waals surface area contributed by atoms with E-state index in [0.717, 1.165) is 11.4 Å². The van der Waals surface area contributed by atoms with Crippen molar-refractivity contribution in [3.63, 3.8) is 0 Å². The van der Waals surface area contributed by atoms with Crippen molar-refractivity contribution in [3.8, 4) is 12.1 Å². The van der Waals surface area contributed by atoms with E-state index in [4.69, 9.17) is 10.5 Å². The van der Waals surface area contributed by atoms with Crippen LogP contribution in [0.3, 0.4) is 0 Å². The van der Waals surface area contributed by atoms with Crippen LogP contribution >= 0.6 is 21.6 Å². The van der Waals surface area contributed by atoms with Gasteiger partial charge in [0.25, 0.3) is 0 Å². The van der Waals surface area contributed by atoms with Crippen LogP contribution in [0, 0.1) is 36.5 Å². The first-order chi connectivity index (χ1) is 9.63. The van der Waals surface area contributed by atoms with Crippen molar-refractivity contribution in [1.82, 2.24) is 9.97 Å². The summed E-state index contributed by atoms with van der Waals surface area (Å²) in [6, 6.07) is 11.3. The van der Waals surface area contributed by atoms with E-state index in [1.807, 2.05) is 13.8 Å². The zero-order valence-electron chi connectivity index (χ0n) is 10.9. The average Bonchev–Trinajstić information content (AvgIpc) is 2.45. The van der Waals surface area contributed by atoms with Gasteiger partial charge in [-0.15, -0.1) is 0 Å². The van der Waals surface area contributed by atoms with E-state index in [2.05, 4.69) is 22.1 Å². The van der Waals surface area contributed by atoms with Crippen LogP contribution in [0.5, 0.6) is 0 Å². The summed E-state index contributed by atoms with van der Waals surface area (Å²) in [7, 11) is 2.69. The molecule has 0 atom stereocenters. The molecule has 2 rings (SSSR count). The molecular formula is C14H10N4S2. The molecule has 0 aromatic carbocycles. The molecule has 0 aliphatic rings. The smallest absolute Gasteiger partial charge is 0.125 e. The van der Waals surface area contributed by atoms with Crippen LogP contribution in [0.4, 0.5) is 0 Å². The summed E-state index contributed by atoms with van der Waals surface area (Å²) in [6.45, 7) is 3.75. The highest BCUT2D eigenvalue weighted by Crippen LogP contribution is 2.38. The molecule has 0 aliphatic carbocycles. The molecule has 0 saturated carbocycles. The van der Waals surface area contributed by atoms with E-state index < -0.39 is 0 Å². The summed E-state index contributed by atoms with van der Waals surface area (Å²) in [5, 5.41) is 19.4. The van der Waals surface area contributed by atoms with Gasteiger partial charge in [0.05, 0.1) is 11.1 Å². The van der Waals surface area contributed by atoms with Gasteiger partial charge in [0.2, 0.25) is 0 Å². The van der Waals surface area contributed by atoms with Crippen LogP contribution in [0.25, 0.3) is 0 Å². The fraction of sp³-hybridized carbons (Fsp3) is 0.143. The molecule has 2 aromatic rings. The Morgan fingerprint density at radius 3 is 1.55 bits per heavy atom. The van der Waals surface area contributed by atoms with Gasteiger partial charge in [0.1, 0.15) is 22.2 Å². The van der Waals surface area contributed by atoms with E-state index >= 15 is 0 Å². The fourth-order valence-corrected chi connectivity index (χ4v) is 3.61. The van der Waals surface area contributed by atoms with Crippen molar-refractivity contribution in [2.45, 2.75) is 23.9 Å². The van der Waals surface area contributed by atoms with Crippen LogP contribution in [0.15, 0.2) is 34.3 Å². The maximum atomic E-state index is 9.07. The van der Waals surface area contributed by atoms with Gasteiger partial charge < -0.3 is 0 Å². The normalized spacial score (nSPS) is 9.80. The number of aromatic nitrogens is 2. The summed E-state index contributed by atoms with van der Waals surface area (Å²) in [5.74, 6) is 0. The predicted molar refractivity (Wildman–Crippen MR) is 79.1 cm³/mol. The second-order valence-electron chi connectivity index (χ2n) is 4.00. The molecule has 2 heterocycles. The minimum atomic E-state index is 0.527. The molecule has 0 fully saturated rings. The molecule has 0 radical (unpaired) electrons. The minimum Gasteiger partial charge on any atom is -0.245 e. The van der Waals surface area contributed by atoms with Crippen LogP contribution in [-0.4, -0.2) is 9.97 Å². The van der Waals surface area contributed by atoms with Gasteiger partial charge in [0, 0.05) is 11.4 Å². The van der Waals surface area contributed by atoms with Gasteiger partial charge in [-0.05, 0) is 59.7 Å². The molecule has 0 saturated heterocycles.